The van der Waals surface area contributed by atoms with Crippen LogP contribution < -0.4 is 16.2 Å². The van der Waals surface area contributed by atoms with Gasteiger partial charge in [0.15, 0.2) is 5.75 Å². The van der Waals surface area contributed by atoms with Crippen molar-refractivity contribution >= 4 is 11.7 Å². The zero-order valence-corrected chi connectivity index (χ0v) is 10.1. The van der Waals surface area contributed by atoms with Crippen molar-refractivity contribution in [2.75, 3.05) is 5.73 Å². The van der Waals surface area contributed by atoms with Gasteiger partial charge in [-0.05, 0) is 31.4 Å². The van der Waals surface area contributed by atoms with E-state index in [0.717, 1.165) is 25.7 Å². The maximum atomic E-state index is 11.1. The molecule has 1 aromatic carbocycles. The van der Waals surface area contributed by atoms with E-state index in [1.165, 1.54) is 6.07 Å². The van der Waals surface area contributed by atoms with Crippen LogP contribution in [-0.4, -0.2) is 23.2 Å². The van der Waals surface area contributed by atoms with Crippen molar-refractivity contribution in [3.63, 3.8) is 0 Å². The van der Waals surface area contributed by atoms with Gasteiger partial charge in [0, 0.05) is 6.04 Å². The zero-order chi connectivity index (χ0) is 13.1. The molecule has 0 saturated heterocycles. The summed E-state index contributed by atoms with van der Waals surface area (Å²) in [6.07, 6.45) is 3.74. The van der Waals surface area contributed by atoms with Gasteiger partial charge in [-0.25, -0.2) is 4.79 Å². The van der Waals surface area contributed by atoms with Crippen LogP contribution in [0.15, 0.2) is 18.2 Å². The molecule has 0 aliphatic heterocycles. The molecular weight excluding hydrogens is 232 g/mol. The molecule has 5 nitrogen and oxygen atoms in total. The highest BCUT2D eigenvalue weighted by atomic mass is 16.5. The number of benzene rings is 1. The summed E-state index contributed by atoms with van der Waals surface area (Å²) in [6, 6.07) is 4.67. The minimum Gasteiger partial charge on any atom is -0.486 e. The topological polar surface area (TPSA) is 98.6 Å². The Hall–Kier alpha value is -1.75. The average Bonchev–Trinajstić information content (AvgIpc) is 2.34. The minimum atomic E-state index is -1.04. The van der Waals surface area contributed by atoms with E-state index in [1.54, 1.807) is 12.1 Å². The molecule has 0 radical (unpaired) electrons. The second kappa shape index (κ2) is 5.27. The first-order chi connectivity index (χ1) is 8.59. The van der Waals surface area contributed by atoms with Crippen molar-refractivity contribution in [3.8, 4) is 5.75 Å². The van der Waals surface area contributed by atoms with Crippen LogP contribution in [0.3, 0.4) is 0 Å². The van der Waals surface area contributed by atoms with Gasteiger partial charge in [-0.2, -0.15) is 0 Å². The summed E-state index contributed by atoms with van der Waals surface area (Å²) in [7, 11) is 0. The van der Waals surface area contributed by atoms with Crippen LogP contribution >= 0.6 is 0 Å². The van der Waals surface area contributed by atoms with Crippen LogP contribution in [0.25, 0.3) is 0 Å². The lowest BCUT2D eigenvalue weighted by Crippen LogP contribution is -2.41. The largest absolute Gasteiger partial charge is 0.486 e. The van der Waals surface area contributed by atoms with Crippen LogP contribution in [0, 0.1) is 0 Å². The molecule has 0 spiro atoms. The number of para-hydroxylation sites is 1. The van der Waals surface area contributed by atoms with Gasteiger partial charge in [-0.3, -0.25) is 0 Å². The number of ether oxygens (including phenoxy) is 1. The van der Waals surface area contributed by atoms with E-state index in [2.05, 4.69) is 0 Å². The van der Waals surface area contributed by atoms with E-state index in [-0.39, 0.29) is 23.5 Å². The number of hydrogen-bond donors (Lipinski definition) is 3. The van der Waals surface area contributed by atoms with Gasteiger partial charge in [0.1, 0.15) is 11.7 Å². The Morgan fingerprint density at radius 1 is 1.33 bits per heavy atom. The first-order valence-electron chi connectivity index (χ1n) is 6.13. The monoisotopic (exact) mass is 250 g/mol. The highest BCUT2D eigenvalue weighted by Crippen LogP contribution is 2.30. The molecule has 1 fully saturated rings. The predicted molar refractivity (Wildman–Crippen MR) is 68.7 cm³/mol. The number of anilines is 1. The van der Waals surface area contributed by atoms with Gasteiger partial charge in [0.2, 0.25) is 0 Å². The first kappa shape index (κ1) is 12.7. The molecular formula is C13H18N2O3. The average molecular weight is 250 g/mol. The standard InChI is InChI=1S/C13H18N2O3/c14-9-5-1-2-7-11(9)18-12-8(13(16)17)4-3-6-10(12)15/h3-4,6,9,11H,1-2,5,7,14-15H2,(H,16,17). The fourth-order valence-corrected chi connectivity index (χ4v) is 2.28. The summed E-state index contributed by atoms with van der Waals surface area (Å²) in [5.74, 6) is -0.797. The van der Waals surface area contributed by atoms with Crippen molar-refractivity contribution in [2.45, 2.75) is 37.8 Å². The van der Waals surface area contributed by atoms with E-state index in [9.17, 15) is 4.79 Å². The van der Waals surface area contributed by atoms with E-state index < -0.39 is 5.97 Å². The molecule has 1 aliphatic carbocycles. The van der Waals surface area contributed by atoms with Gasteiger partial charge in [-0.1, -0.05) is 12.5 Å². The number of carboxylic acid groups (broad SMARTS) is 1. The summed E-state index contributed by atoms with van der Waals surface area (Å²) in [6.45, 7) is 0. The number of carboxylic acids is 1. The van der Waals surface area contributed by atoms with Crippen molar-refractivity contribution < 1.29 is 14.6 Å². The van der Waals surface area contributed by atoms with Gasteiger partial charge in [0.05, 0.1) is 5.69 Å². The SMILES string of the molecule is Nc1cccc(C(=O)O)c1OC1CCCCC1N. The number of rotatable bonds is 3. The molecule has 1 aliphatic rings. The molecule has 5 N–H and O–H groups in total. The highest BCUT2D eigenvalue weighted by Gasteiger charge is 2.26. The van der Waals surface area contributed by atoms with Crippen LogP contribution in [0.4, 0.5) is 5.69 Å². The molecule has 0 bridgehead atoms. The third-order valence-electron chi connectivity index (χ3n) is 3.30. The molecule has 0 amide bonds. The molecule has 1 aromatic rings. The molecule has 0 heterocycles. The second-order valence-electron chi connectivity index (χ2n) is 4.63. The first-order valence-corrected chi connectivity index (χ1v) is 6.13. The third kappa shape index (κ3) is 2.56. The lowest BCUT2D eigenvalue weighted by Gasteiger charge is -2.30. The van der Waals surface area contributed by atoms with Crippen molar-refractivity contribution in [3.05, 3.63) is 23.8 Å². The predicted octanol–water partition coefficient (Wildman–Crippen LogP) is 1.62. The molecule has 1 saturated carbocycles. The molecule has 2 rings (SSSR count). The van der Waals surface area contributed by atoms with Crippen LogP contribution in [0.5, 0.6) is 5.75 Å². The lowest BCUT2D eigenvalue weighted by atomic mass is 9.93. The fourth-order valence-electron chi connectivity index (χ4n) is 2.28. The van der Waals surface area contributed by atoms with Crippen LogP contribution in [-0.2, 0) is 0 Å². The summed E-state index contributed by atoms with van der Waals surface area (Å²) >= 11 is 0. The molecule has 5 heteroatoms. The van der Waals surface area contributed by atoms with E-state index in [0.29, 0.717) is 5.69 Å². The number of carbonyl (C=O) groups is 1. The molecule has 98 valence electrons. The molecule has 2 unspecified atom stereocenters. The normalized spacial score (nSPS) is 23.6. The Morgan fingerprint density at radius 3 is 2.72 bits per heavy atom. The Balaban J connectivity index is 2.24. The molecule has 0 aromatic heterocycles. The zero-order valence-electron chi connectivity index (χ0n) is 10.1. The van der Waals surface area contributed by atoms with Crippen molar-refractivity contribution in [1.29, 1.82) is 0 Å². The maximum absolute atomic E-state index is 11.1. The van der Waals surface area contributed by atoms with Crippen LogP contribution in [0.2, 0.25) is 0 Å². The van der Waals surface area contributed by atoms with Crippen molar-refractivity contribution in [1.82, 2.24) is 0 Å². The van der Waals surface area contributed by atoms with E-state index >= 15 is 0 Å². The Bertz CT molecular complexity index is 448. The summed E-state index contributed by atoms with van der Waals surface area (Å²) in [4.78, 5) is 11.1. The number of hydrogen-bond acceptors (Lipinski definition) is 4. The van der Waals surface area contributed by atoms with E-state index in [4.69, 9.17) is 21.3 Å². The van der Waals surface area contributed by atoms with Gasteiger partial charge in [-0.15, -0.1) is 0 Å². The maximum Gasteiger partial charge on any atom is 0.339 e. The Kier molecular flexibility index (Phi) is 3.72. The number of nitrogens with two attached hydrogens (primary N) is 2. The van der Waals surface area contributed by atoms with Gasteiger partial charge >= 0.3 is 5.97 Å². The Morgan fingerprint density at radius 2 is 2.06 bits per heavy atom. The van der Waals surface area contributed by atoms with Gasteiger partial charge in [0.25, 0.3) is 0 Å². The van der Waals surface area contributed by atoms with E-state index in [1.807, 2.05) is 0 Å². The molecule has 18 heavy (non-hydrogen) atoms. The minimum absolute atomic E-state index is 0.0556. The highest BCUT2D eigenvalue weighted by molar-refractivity contribution is 5.93. The summed E-state index contributed by atoms with van der Waals surface area (Å²) in [5, 5.41) is 9.12. The lowest BCUT2D eigenvalue weighted by molar-refractivity contribution is 0.0683. The van der Waals surface area contributed by atoms with Crippen molar-refractivity contribution in [2.24, 2.45) is 5.73 Å². The fraction of sp³-hybridized carbons (Fsp3) is 0.462. The number of nitrogen functional groups attached to an aromatic ring is 1. The van der Waals surface area contributed by atoms with Crippen LogP contribution in [0.1, 0.15) is 36.0 Å². The Labute approximate surface area is 106 Å². The van der Waals surface area contributed by atoms with Gasteiger partial charge < -0.3 is 21.3 Å². The quantitative estimate of drug-likeness (QED) is 0.708. The summed E-state index contributed by atoms with van der Waals surface area (Å²) in [5.41, 5.74) is 12.2. The smallest absolute Gasteiger partial charge is 0.339 e. The number of aromatic carboxylic acids is 1. The third-order valence-corrected chi connectivity index (χ3v) is 3.30. The summed E-state index contributed by atoms with van der Waals surface area (Å²) < 4.78 is 5.76. The second-order valence-corrected chi connectivity index (χ2v) is 4.63. The molecule has 2 atom stereocenters.